The molecule has 0 radical (unpaired) electrons. The van der Waals surface area contributed by atoms with Crippen molar-refractivity contribution in [2.75, 3.05) is 5.32 Å². The number of hydrogen-bond donors (Lipinski definition) is 1. The molecule has 0 bridgehead atoms. The molecule has 138 valence electrons. The summed E-state index contributed by atoms with van der Waals surface area (Å²) >= 11 is 1.41. The predicted molar refractivity (Wildman–Crippen MR) is 100 cm³/mol. The smallest absolute Gasteiger partial charge is 0.330 e. The molecule has 1 aliphatic carbocycles. The molecule has 0 unspecified atom stereocenters. The highest BCUT2D eigenvalue weighted by Gasteiger charge is 2.34. The Labute approximate surface area is 156 Å². The first-order chi connectivity index (χ1) is 13.0. The van der Waals surface area contributed by atoms with E-state index in [0.717, 1.165) is 34.4 Å². The van der Waals surface area contributed by atoms with Gasteiger partial charge in [-0.1, -0.05) is 11.3 Å². The fourth-order valence-corrected chi connectivity index (χ4v) is 4.56. The van der Waals surface area contributed by atoms with Crippen molar-refractivity contribution in [1.29, 1.82) is 0 Å². The third-order valence-electron chi connectivity index (χ3n) is 5.05. The van der Waals surface area contributed by atoms with Gasteiger partial charge in [0.2, 0.25) is 0 Å². The molecular formula is C18H15F2N5OS. The van der Waals surface area contributed by atoms with E-state index in [1.807, 2.05) is 0 Å². The fourth-order valence-electron chi connectivity index (χ4n) is 3.59. The predicted octanol–water partition coefficient (Wildman–Crippen LogP) is 3.44. The molecule has 1 aromatic carbocycles. The summed E-state index contributed by atoms with van der Waals surface area (Å²) in [7, 11) is 1.62. The molecule has 3 heterocycles. The van der Waals surface area contributed by atoms with Gasteiger partial charge in [0.15, 0.2) is 10.8 Å². The molecule has 4 aromatic rings. The van der Waals surface area contributed by atoms with E-state index in [1.54, 1.807) is 17.7 Å². The summed E-state index contributed by atoms with van der Waals surface area (Å²) in [4.78, 5) is 21.1. The third-order valence-corrected chi connectivity index (χ3v) is 6.00. The van der Waals surface area contributed by atoms with E-state index < -0.39 is 5.82 Å². The number of pyridine rings is 1. The van der Waals surface area contributed by atoms with Crippen LogP contribution in [0.3, 0.4) is 0 Å². The van der Waals surface area contributed by atoms with Crippen molar-refractivity contribution in [2.24, 2.45) is 7.05 Å². The first kappa shape index (κ1) is 16.4. The van der Waals surface area contributed by atoms with Gasteiger partial charge in [-0.3, -0.25) is 9.13 Å². The lowest BCUT2D eigenvalue weighted by molar-refractivity contribution is 0.280. The maximum Gasteiger partial charge on any atom is 0.330 e. The Hall–Kier alpha value is -2.81. The van der Waals surface area contributed by atoms with Gasteiger partial charge in [-0.25, -0.2) is 23.5 Å². The average molecular weight is 387 g/mol. The van der Waals surface area contributed by atoms with Crippen LogP contribution in [0.1, 0.15) is 18.9 Å². The first-order valence-corrected chi connectivity index (χ1v) is 9.36. The molecule has 1 saturated carbocycles. The molecule has 1 N–H and O–H groups in total. The highest BCUT2D eigenvalue weighted by Crippen LogP contribution is 2.37. The molecule has 3 aromatic heterocycles. The van der Waals surface area contributed by atoms with Crippen LogP contribution in [0.5, 0.6) is 0 Å². The van der Waals surface area contributed by atoms with Crippen molar-refractivity contribution >= 4 is 37.8 Å². The molecule has 0 saturated heterocycles. The summed E-state index contributed by atoms with van der Waals surface area (Å²) in [6.45, 7) is 0. The van der Waals surface area contributed by atoms with Crippen molar-refractivity contribution in [3.63, 3.8) is 0 Å². The van der Waals surface area contributed by atoms with Crippen LogP contribution in [-0.2, 0) is 7.05 Å². The van der Waals surface area contributed by atoms with Gasteiger partial charge in [0.1, 0.15) is 11.6 Å². The fraction of sp³-hybridized carbons (Fsp3) is 0.278. The SMILES string of the molecule is Cn1c(=O)n(C2CC(Nc3nc4ccc(F)cc4s3)C2)c2ncc(F)cc21. The number of imidazole rings is 1. The largest absolute Gasteiger partial charge is 0.359 e. The van der Waals surface area contributed by atoms with Crippen molar-refractivity contribution in [1.82, 2.24) is 19.1 Å². The Bertz CT molecular complexity index is 1240. The van der Waals surface area contributed by atoms with Gasteiger partial charge in [-0.2, -0.15) is 0 Å². The van der Waals surface area contributed by atoms with E-state index in [9.17, 15) is 13.6 Å². The molecule has 1 aliphatic rings. The van der Waals surface area contributed by atoms with Crippen molar-refractivity contribution in [3.05, 3.63) is 52.6 Å². The zero-order chi connectivity index (χ0) is 18.7. The first-order valence-electron chi connectivity index (χ1n) is 8.54. The third kappa shape index (κ3) is 2.61. The Kier molecular flexibility index (Phi) is 3.55. The number of nitrogens with one attached hydrogen (secondary N) is 1. The minimum absolute atomic E-state index is 0.00323. The van der Waals surface area contributed by atoms with E-state index in [2.05, 4.69) is 15.3 Å². The lowest BCUT2D eigenvalue weighted by atomic mass is 9.86. The summed E-state index contributed by atoms with van der Waals surface area (Å²) in [5.41, 5.74) is 1.56. The van der Waals surface area contributed by atoms with Gasteiger partial charge in [-0.05, 0) is 31.0 Å². The van der Waals surface area contributed by atoms with E-state index in [-0.39, 0.29) is 23.6 Å². The highest BCUT2D eigenvalue weighted by molar-refractivity contribution is 7.22. The molecule has 0 aliphatic heterocycles. The number of rotatable bonds is 3. The van der Waals surface area contributed by atoms with E-state index in [4.69, 9.17) is 0 Å². The van der Waals surface area contributed by atoms with Gasteiger partial charge in [0.25, 0.3) is 0 Å². The lowest BCUT2D eigenvalue weighted by Crippen LogP contribution is -2.40. The number of anilines is 1. The normalized spacial score (nSPS) is 19.5. The second-order valence-corrected chi connectivity index (χ2v) is 7.84. The van der Waals surface area contributed by atoms with Gasteiger partial charge >= 0.3 is 5.69 Å². The summed E-state index contributed by atoms with van der Waals surface area (Å²) in [5.74, 6) is -0.739. The van der Waals surface area contributed by atoms with Gasteiger partial charge in [0, 0.05) is 25.2 Å². The monoisotopic (exact) mass is 387 g/mol. The maximum atomic E-state index is 13.4. The van der Waals surface area contributed by atoms with Crippen LogP contribution in [0.2, 0.25) is 0 Å². The number of hydrogen-bond acceptors (Lipinski definition) is 5. The van der Waals surface area contributed by atoms with Crippen molar-refractivity contribution in [3.8, 4) is 0 Å². The summed E-state index contributed by atoms with van der Waals surface area (Å²) in [5, 5.41) is 4.09. The Morgan fingerprint density at radius 3 is 2.85 bits per heavy atom. The van der Waals surface area contributed by atoms with Gasteiger partial charge < -0.3 is 5.32 Å². The molecule has 0 atom stereocenters. The zero-order valence-electron chi connectivity index (χ0n) is 14.3. The van der Waals surface area contributed by atoms with Crippen molar-refractivity contribution < 1.29 is 8.78 Å². The molecule has 5 rings (SSSR count). The standard InChI is InChI=1S/C18H15F2N5OS/c1-24-14-4-10(20)8-21-16(14)25(18(24)26)12-6-11(7-12)22-17-23-13-3-2-9(19)5-15(13)27-17/h2-5,8,11-12H,6-7H2,1H3,(H,22,23). The molecule has 6 nitrogen and oxygen atoms in total. The summed E-state index contributed by atoms with van der Waals surface area (Å²) in [6.07, 6.45) is 2.61. The van der Waals surface area contributed by atoms with Crippen LogP contribution in [0.25, 0.3) is 21.4 Å². The van der Waals surface area contributed by atoms with E-state index in [1.165, 1.54) is 34.1 Å². The van der Waals surface area contributed by atoms with Gasteiger partial charge in [-0.15, -0.1) is 0 Å². The van der Waals surface area contributed by atoms with Crippen LogP contribution < -0.4 is 11.0 Å². The maximum absolute atomic E-state index is 13.4. The molecule has 0 spiro atoms. The second-order valence-electron chi connectivity index (χ2n) is 6.81. The van der Waals surface area contributed by atoms with E-state index in [0.29, 0.717) is 11.2 Å². The summed E-state index contributed by atoms with van der Waals surface area (Å²) < 4.78 is 30.6. The number of aromatic nitrogens is 4. The lowest BCUT2D eigenvalue weighted by Gasteiger charge is -2.36. The van der Waals surface area contributed by atoms with Crippen LogP contribution >= 0.6 is 11.3 Å². The molecule has 27 heavy (non-hydrogen) atoms. The number of benzene rings is 1. The number of nitrogens with zero attached hydrogens (tertiary/aromatic N) is 4. The summed E-state index contributed by atoms with van der Waals surface area (Å²) in [6, 6.07) is 6.04. The van der Waals surface area contributed by atoms with Gasteiger partial charge in [0.05, 0.1) is 21.9 Å². The highest BCUT2D eigenvalue weighted by atomic mass is 32.1. The Morgan fingerprint density at radius 1 is 1.22 bits per heavy atom. The number of fused-ring (bicyclic) bond motifs is 2. The second kappa shape index (κ2) is 5.85. The van der Waals surface area contributed by atoms with Crippen LogP contribution in [0.4, 0.5) is 13.9 Å². The minimum atomic E-state index is -0.462. The molecular weight excluding hydrogens is 372 g/mol. The zero-order valence-corrected chi connectivity index (χ0v) is 15.1. The quantitative estimate of drug-likeness (QED) is 0.585. The number of thiazole rings is 1. The minimum Gasteiger partial charge on any atom is -0.359 e. The van der Waals surface area contributed by atoms with Crippen LogP contribution in [0.15, 0.2) is 35.3 Å². The van der Waals surface area contributed by atoms with Crippen LogP contribution in [-0.4, -0.2) is 25.1 Å². The van der Waals surface area contributed by atoms with E-state index >= 15 is 0 Å². The number of halogens is 2. The molecule has 1 fully saturated rings. The van der Waals surface area contributed by atoms with Crippen molar-refractivity contribution in [2.45, 2.75) is 24.9 Å². The topological polar surface area (TPSA) is 64.7 Å². The molecule has 9 heteroatoms. The molecule has 0 amide bonds. The Morgan fingerprint density at radius 2 is 2.04 bits per heavy atom. The average Bonchev–Trinajstić information content (AvgIpc) is 3.10. The van der Waals surface area contributed by atoms with Crippen LogP contribution in [0, 0.1) is 11.6 Å². The number of aryl methyl sites for hydroxylation is 1. The Balaban J connectivity index is 1.37.